The average molecular weight is 781 g/mol. The Morgan fingerprint density at radius 2 is 1.80 bits per heavy atom. The number of hydrogen-bond acceptors (Lipinski definition) is 11. The summed E-state index contributed by atoms with van der Waals surface area (Å²) >= 11 is 3.60. The van der Waals surface area contributed by atoms with Crippen LogP contribution in [-0.4, -0.2) is 103 Å². The van der Waals surface area contributed by atoms with Crippen molar-refractivity contribution < 1.29 is 19.1 Å². The molecule has 0 bridgehead atoms. The predicted octanol–water partition coefficient (Wildman–Crippen LogP) is 6.79. The van der Waals surface area contributed by atoms with Gasteiger partial charge in [-0.25, -0.2) is 4.98 Å². The highest BCUT2D eigenvalue weighted by atomic mass is 79.9. The molecule has 0 amide bonds. The van der Waals surface area contributed by atoms with Gasteiger partial charge in [0.1, 0.15) is 18.7 Å². The lowest BCUT2D eigenvalue weighted by molar-refractivity contribution is -0.102. The minimum atomic E-state index is -2.79. The van der Waals surface area contributed by atoms with E-state index in [9.17, 15) is 9.67 Å². The molecule has 2 saturated heterocycles. The van der Waals surface area contributed by atoms with E-state index >= 15 is 0 Å². The highest BCUT2D eigenvalue weighted by Gasteiger charge is 2.33. The van der Waals surface area contributed by atoms with E-state index < -0.39 is 12.9 Å². The highest BCUT2D eigenvalue weighted by Crippen LogP contribution is 2.43. The van der Waals surface area contributed by atoms with E-state index in [4.69, 9.17) is 14.5 Å². The van der Waals surface area contributed by atoms with Crippen molar-refractivity contribution in [3.63, 3.8) is 0 Å². The van der Waals surface area contributed by atoms with E-state index in [-0.39, 0.29) is 0 Å². The summed E-state index contributed by atoms with van der Waals surface area (Å²) in [6, 6.07) is 10.6. The number of piperazine rings is 1. The number of nitrogens with zero attached hydrogens (tertiary/aromatic N) is 5. The maximum absolute atomic E-state index is 13.6. The first-order valence-corrected chi connectivity index (χ1v) is 21.1. The second-order valence-corrected chi connectivity index (χ2v) is 18.3. The van der Waals surface area contributed by atoms with Crippen LogP contribution in [0.15, 0.2) is 58.9 Å². The number of ether oxygens (including phenoxy) is 2. The SMILES string of the molecule is CCc1cc(Nc2ncc(Br)c(Nc3ccc(C4=C(C)C=COC4(C)O)cc3P(C)(C)=O)n2)c(OC)cc1N1CCC(N2CCN(C)CC2)CC1. The van der Waals surface area contributed by atoms with Gasteiger partial charge >= 0.3 is 0 Å². The minimum Gasteiger partial charge on any atom is -0.494 e. The van der Waals surface area contributed by atoms with Crippen LogP contribution in [0.4, 0.5) is 28.8 Å². The topological polar surface area (TPSA) is 115 Å². The van der Waals surface area contributed by atoms with Crippen LogP contribution in [-0.2, 0) is 15.7 Å². The summed E-state index contributed by atoms with van der Waals surface area (Å²) < 4.78 is 25.7. The van der Waals surface area contributed by atoms with Crippen LogP contribution >= 0.6 is 23.1 Å². The molecule has 11 nitrogen and oxygen atoms in total. The Balaban J connectivity index is 1.23. The third-order valence-corrected chi connectivity index (χ3v) is 12.3. The first-order chi connectivity index (χ1) is 24.3. The molecule has 0 radical (unpaired) electrons. The maximum Gasteiger partial charge on any atom is 0.232 e. The van der Waals surface area contributed by atoms with Gasteiger partial charge in [0.25, 0.3) is 0 Å². The molecule has 13 heteroatoms. The largest absolute Gasteiger partial charge is 0.494 e. The maximum atomic E-state index is 13.6. The number of benzene rings is 2. The van der Waals surface area contributed by atoms with Crippen molar-refractivity contribution >= 4 is 62.8 Å². The standard InChI is InChI=1S/C38H51BrN7O4P/c1-8-26-21-31(33(49-5)23-32(26)46-14-11-28(12-15-46)45-18-16-44(4)17-19-45)42-37-40-24-29(39)36(43-37)41-30-10-9-27(22-34(30)51(6,7)48)35-25(2)13-20-50-38(35,3)47/h9-10,13,20-24,28,47H,8,11-12,14-19H2,1-7H3,(H2,40,41,42,43). The van der Waals surface area contributed by atoms with Gasteiger partial charge in [0.05, 0.1) is 29.2 Å². The zero-order valence-corrected chi connectivity index (χ0v) is 33.3. The third kappa shape index (κ3) is 8.31. The Hall–Kier alpha value is -3.41. The molecule has 6 rings (SSSR count). The normalized spacial score (nSPS) is 20.8. The predicted molar refractivity (Wildman–Crippen MR) is 212 cm³/mol. The van der Waals surface area contributed by atoms with E-state index in [2.05, 4.69) is 72.4 Å². The third-order valence-electron chi connectivity index (χ3n) is 10.2. The number of nitrogens with one attached hydrogen (secondary N) is 2. The molecule has 2 fully saturated rings. The molecule has 1 aromatic heterocycles. The van der Waals surface area contributed by atoms with Crippen LogP contribution in [0.3, 0.4) is 0 Å². The van der Waals surface area contributed by atoms with E-state index in [1.54, 1.807) is 33.6 Å². The van der Waals surface area contributed by atoms with Gasteiger partial charge in [0, 0.05) is 81.1 Å². The fourth-order valence-corrected chi connectivity index (χ4v) is 8.84. The van der Waals surface area contributed by atoms with Crippen molar-refractivity contribution in [1.82, 2.24) is 19.8 Å². The van der Waals surface area contributed by atoms with Crippen molar-refractivity contribution in [2.75, 3.05) is 82.3 Å². The molecule has 0 aliphatic carbocycles. The molecule has 3 N–H and O–H groups in total. The number of methoxy groups -OCH3 is 1. The zero-order valence-electron chi connectivity index (χ0n) is 30.8. The molecule has 1 unspecified atom stereocenters. The van der Waals surface area contributed by atoms with Crippen LogP contribution in [0.1, 0.15) is 44.7 Å². The number of halogens is 1. The number of anilines is 5. The van der Waals surface area contributed by atoms with E-state index in [0.717, 1.165) is 81.1 Å². The molecule has 4 heterocycles. The summed E-state index contributed by atoms with van der Waals surface area (Å²) in [6.07, 6.45) is 8.20. The van der Waals surface area contributed by atoms with Gasteiger partial charge in [-0.1, -0.05) is 13.0 Å². The monoisotopic (exact) mass is 779 g/mol. The van der Waals surface area contributed by atoms with Crippen LogP contribution < -0.4 is 25.6 Å². The smallest absolute Gasteiger partial charge is 0.232 e. The number of aromatic nitrogens is 2. The Bertz CT molecular complexity index is 1860. The fourth-order valence-electron chi connectivity index (χ4n) is 7.39. The van der Waals surface area contributed by atoms with Gasteiger partial charge in [-0.2, -0.15) is 4.98 Å². The van der Waals surface area contributed by atoms with Gasteiger partial charge in [0.2, 0.25) is 11.7 Å². The highest BCUT2D eigenvalue weighted by molar-refractivity contribution is 9.10. The Morgan fingerprint density at radius 1 is 1.08 bits per heavy atom. The second kappa shape index (κ2) is 15.3. The van der Waals surface area contributed by atoms with E-state index in [1.165, 1.54) is 17.5 Å². The minimum absolute atomic E-state index is 0.388. The van der Waals surface area contributed by atoms with Gasteiger partial charge in [0.15, 0.2) is 0 Å². The van der Waals surface area contributed by atoms with Crippen LogP contribution in [0.25, 0.3) is 5.57 Å². The fraction of sp³-hybridized carbons (Fsp3) is 0.474. The van der Waals surface area contributed by atoms with Crippen molar-refractivity contribution in [1.29, 1.82) is 0 Å². The Morgan fingerprint density at radius 3 is 2.45 bits per heavy atom. The lowest BCUT2D eigenvalue weighted by Crippen LogP contribution is -2.52. The Kier molecular flexibility index (Phi) is 11.2. The van der Waals surface area contributed by atoms with Gasteiger partial charge in [-0.05, 0) is 103 Å². The molecule has 1 atom stereocenters. The summed E-state index contributed by atoms with van der Waals surface area (Å²) in [5.41, 5.74) is 6.12. The van der Waals surface area contributed by atoms with Gasteiger partial charge in [-0.15, -0.1) is 0 Å². The Labute approximate surface area is 310 Å². The second-order valence-electron chi connectivity index (χ2n) is 14.3. The quantitative estimate of drug-likeness (QED) is 0.189. The van der Waals surface area contributed by atoms with Crippen molar-refractivity contribution in [2.45, 2.75) is 51.9 Å². The van der Waals surface area contributed by atoms with Gasteiger partial charge in [-0.3, -0.25) is 4.90 Å². The molecule has 3 aliphatic heterocycles. The van der Waals surface area contributed by atoms with Crippen molar-refractivity contribution in [2.24, 2.45) is 0 Å². The van der Waals surface area contributed by atoms with Crippen LogP contribution in [0.5, 0.6) is 5.75 Å². The molecule has 3 aliphatic rings. The summed E-state index contributed by atoms with van der Waals surface area (Å²) in [6.45, 7) is 15.8. The molecule has 2 aromatic carbocycles. The average Bonchev–Trinajstić information content (AvgIpc) is 3.09. The molecule has 0 saturated carbocycles. The number of likely N-dealkylation sites (N-methyl/N-ethyl adjacent to an activating group) is 1. The molecular weight excluding hydrogens is 729 g/mol. The first kappa shape index (κ1) is 37.4. The van der Waals surface area contributed by atoms with E-state index in [0.29, 0.717) is 38.8 Å². The number of piperidine rings is 1. The molecular formula is C38H51BrN7O4P. The summed E-state index contributed by atoms with van der Waals surface area (Å²) in [4.78, 5) is 17.0. The molecule has 51 heavy (non-hydrogen) atoms. The first-order valence-electron chi connectivity index (χ1n) is 17.7. The summed E-state index contributed by atoms with van der Waals surface area (Å²) in [5, 5.41) is 18.4. The van der Waals surface area contributed by atoms with Crippen molar-refractivity contribution in [3.05, 3.63) is 70.0 Å². The summed E-state index contributed by atoms with van der Waals surface area (Å²) in [7, 11) is 1.11. The van der Waals surface area contributed by atoms with Crippen LogP contribution in [0.2, 0.25) is 0 Å². The zero-order chi connectivity index (χ0) is 36.5. The molecule has 274 valence electrons. The van der Waals surface area contributed by atoms with Gasteiger partial charge < -0.3 is 39.6 Å². The number of rotatable bonds is 10. The lowest BCUT2D eigenvalue weighted by atomic mass is 9.92. The molecule has 3 aromatic rings. The van der Waals surface area contributed by atoms with Crippen molar-refractivity contribution in [3.8, 4) is 5.75 Å². The summed E-state index contributed by atoms with van der Waals surface area (Å²) in [5.74, 6) is 0.114. The number of hydrogen-bond donors (Lipinski definition) is 3. The number of aliphatic hydroxyl groups is 1. The number of aryl methyl sites for hydroxylation is 1. The molecule has 0 spiro atoms. The van der Waals surface area contributed by atoms with E-state index in [1.807, 2.05) is 31.2 Å². The number of allylic oxidation sites excluding steroid dienone is 2. The lowest BCUT2D eigenvalue weighted by Gasteiger charge is -2.43. The van der Waals surface area contributed by atoms with Crippen LogP contribution in [0, 0.1) is 0 Å².